The summed E-state index contributed by atoms with van der Waals surface area (Å²) in [5, 5.41) is 19.8. The number of aromatic nitrogens is 3. The van der Waals surface area contributed by atoms with Gasteiger partial charge in [-0.1, -0.05) is 36.8 Å². The molecule has 0 radical (unpaired) electrons. The normalized spacial score (nSPS) is 17.0. The van der Waals surface area contributed by atoms with E-state index in [0.717, 1.165) is 36.7 Å². The standard InChI is InChI=1S/C25H24N6O2/c32-24(20-10-3-5-14-27-20)29-28-23-19-9-1-2-12-22(19)31(25(23)33)17-30-15-6-4-11-21(30)18-8-7-13-26-16-18/h1-3,5,7-10,12-14,16,21,33H,4,6,11,15,17H2/t21-/m0/s1. The summed E-state index contributed by atoms with van der Waals surface area (Å²) in [6.45, 7) is 1.41. The first-order chi connectivity index (χ1) is 16.2. The molecule has 0 saturated carbocycles. The van der Waals surface area contributed by atoms with Crippen molar-refractivity contribution >= 4 is 22.5 Å². The Morgan fingerprint density at radius 2 is 1.94 bits per heavy atom. The summed E-state index contributed by atoms with van der Waals surface area (Å²) in [5.74, 6) is -0.566. The van der Waals surface area contributed by atoms with E-state index in [9.17, 15) is 9.90 Å². The van der Waals surface area contributed by atoms with E-state index in [1.165, 1.54) is 11.8 Å². The monoisotopic (exact) mass is 440 g/mol. The number of pyridine rings is 2. The molecule has 4 aromatic rings. The fraction of sp³-hybridized carbons (Fsp3) is 0.240. The maximum absolute atomic E-state index is 12.4. The molecule has 1 atom stereocenters. The van der Waals surface area contributed by atoms with Crippen molar-refractivity contribution in [3.05, 3.63) is 84.4 Å². The molecular weight excluding hydrogens is 416 g/mol. The topological polar surface area (TPSA) is 96.0 Å². The van der Waals surface area contributed by atoms with Crippen molar-refractivity contribution in [2.24, 2.45) is 10.2 Å². The van der Waals surface area contributed by atoms with Crippen LogP contribution in [-0.2, 0) is 6.67 Å². The molecule has 8 nitrogen and oxygen atoms in total. The number of nitrogens with zero attached hydrogens (tertiary/aromatic N) is 6. The lowest BCUT2D eigenvalue weighted by Gasteiger charge is -2.36. The van der Waals surface area contributed by atoms with Crippen molar-refractivity contribution in [3.8, 4) is 5.88 Å². The summed E-state index contributed by atoms with van der Waals surface area (Å²) in [7, 11) is 0. The van der Waals surface area contributed by atoms with Crippen molar-refractivity contribution in [1.29, 1.82) is 0 Å². The summed E-state index contributed by atoms with van der Waals surface area (Å²) < 4.78 is 1.84. The van der Waals surface area contributed by atoms with Gasteiger partial charge in [-0.3, -0.25) is 24.2 Å². The number of azo groups is 1. The summed E-state index contributed by atoms with van der Waals surface area (Å²) in [6, 6.07) is 16.9. The molecule has 4 heterocycles. The molecule has 0 unspecified atom stereocenters. The highest BCUT2D eigenvalue weighted by atomic mass is 16.3. The van der Waals surface area contributed by atoms with E-state index in [0.29, 0.717) is 6.67 Å². The van der Waals surface area contributed by atoms with Gasteiger partial charge in [0, 0.05) is 36.6 Å². The minimum Gasteiger partial charge on any atom is -0.493 e. The van der Waals surface area contributed by atoms with E-state index in [4.69, 9.17) is 0 Å². The second-order valence-electron chi connectivity index (χ2n) is 8.09. The molecule has 3 aromatic heterocycles. The van der Waals surface area contributed by atoms with E-state index < -0.39 is 5.91 Å². The summed E-state index contributed by atoms with van der Waals surface area (Å²) >= 11 is 0. The minimum atomic E-state index is -0.556. The number of hydrogen-bond acceptors (Lipinski definition) is 6. The lowest BCUT2D eigenvalue weighted by Crippen LogP contribution is -2.34. The lowest BCUT2D eigenvalue weighted by atomic mass is 9.97. The Morgan fingerprint density at radius 1 is 1.06 bits per heavy atom. The van der Waals surface area contributed by atoms with Gasteiger partial charge in [-0.15, -0.1) is 10.2 Å². The number of amides is 1. The number of fused-ring (bicyclic) bond motifs is 1. The Hall–Kier alpha value is -3.91. The third-order valence-electron chi connectivity index (χ3n) is 6.05. The molecule has 1 amide bonds. The highest BCUT2D eigenvalue weighted by Gasteiger charge is 2.26. The van der Waals surface area contributed by atoms with Crippen molar-refractivity contribution < 1.29 is 9.90 Å². The number of aromatic hydroxyl groups is 1. The van der Waals surface area contributed by atoms with Gasteiger partial charge in [0.2, 0.25) is 5.88 Å². The quantitative estimate of drug-likeness (QED) is 0.428. The number of benzene rings is 1. The summed E-state index contributed by atoms with van der Waals surface area (Å²) in [5.41, 5.74) is 2.50. The Kier molecular flexibility index (Phi) is 5.91. The van der Waals surface area contributed by atoms with Gasteiger partial charge in [0.15, 0.2) is 5.69 Å². The van der Waals surface area contributed by atoms with Crippen molar-refractivity contribution in [3.63, 3.8) is 0 Å². The van der Waals surface area contributed by atoms with Gasteiger partial charge in [0.1, 0.15) is 5.69 Å². The second kappa shape index (κ2) is 9.30. The van der Waals surface area contributed by atoms with Crippen LogP contribution < -0.4 is 0 Å². The average molecular weight is 441 g/mol. The fourth-order valence-electron chi connectivity index (χ4n) is 4.44. The molecule has 33 heavy (non-hydrogen) atoms. The number of piperidine rings is 1. The zero-order chi connectivity index (χ0) is 22.6. The predicted molar refractivity (Wildman–Crippen MR) is 124 cm³/mol. The van der Waals surface area contributed by atoms with E-state index in [1.54, 1.807) is 24.4 Å². The van der Waals surface area contributed by atoms with Gasteiger partial charge in [0.05, 0.1) is 12.2 Å². The van der Waals surface area contributed by atoms with Crippen LogP contribution in [0.3, 0.4) is 0 Å². The van der Waals surface area contributed by atoms with E-state index in [2.05, 4.69) is 31.2 Å². The number of carbonyl (C=O) groups excluding carboxylic acids is 1. The van der Waals surface area contributed by atoms with Gasteiger partial charge >= 0.3 is 5.91 Å². The van der Waals surface area contributed by atoms with Gasteiger partial charge in [-0.25, -0.2) is 0 Å². The van der Waals surface area contributed by atoms with Crippen molar-refractivity contribution in [2.45, 2.75) is 32.0 Å². The molecule has 0 aliphatic carbocycles. The lowest BCUT2D eigenvalue weighted by molar-refractivity contribution is 0.0990. The third-order valence-corrected chi connectivity index (χ3v) is 6.05. The van der Waals surface area contributed by atoms with Crippen molar-refractivity contribution in [1.82, 2.24) is 19.4 Å². The molecular formula is C25H24N6O2. The first kappa shape index (κ1) is 21.0. The maximum atomic E-state index is 12.4. The number of likely N-dealkylation sites (tertiary alicyclic amines) is 1. The van der Waals surface area contributed by atoms with Gasteiger partial charge in [0.25, 0.3) is 0 Å². The number of rotatable bonds is 5. The molecule has 5 rings (SSSR count). The molecule has 166 valence electrons. The van der Waals surface area contributed by atoms with Crippen LogP contribution in [0.15, 0.2) is 83.4 Å². The number of hydrogen-bond donors (Lipinski definition) is 1. The summed E-state index contributed by atoms with van der Waals surface area (Å²) in [6.07, 6.45) is 8.52. The molecule has 8 heteroatoms. The van der Waals surface area contributed by atoms with Crippen LogP contribution >= 0.6 is 0 Å². The largest absolute Gasteiger partial charge is 0.493 e. The average Bonchev–Trinajstić information content (AvgIpc) is 3.14. The first-order valence-electron chi connectivity index (χ1n) is 11.0. The van der Waals surface area contributed by atoms with Gasteiger partial charge < -0.3 is 5.11 Å². The highest BCUT2D eigenvalue weighted by molar-refractivity contribution is 5.96. The van der Waals surface area contributed by atoms with Crippen LogP contribution in [-0.4, -0.2) is 37.0 Å². The maximum Gasteiger partial charge on any atom is 0.313 e. The van der Waals surface area contributed by atoms with Crippen LogP contribution in [0, 0.1) is 0 Å². The number of carbonyl (C=O) groups is 1. The molecule has 1 saturated heterocycles. The molecule has 1 aromatic carbocycles. The Labute approximate surface area is 191 Å². The van der Waals surface area contributed by atoms with E-state index >= 15 is 0 Å². The van der Waals surface area contributed by atoms with Gasteiger partial charge in [-0.2, -0.15) is 0 Å². The third kappa shape index (κ3) is 4.25. The first-order valence-corrected chi connectivity index (χ1v) is 11.0. The van der Waals surface area contributed by atoms with Crippen molar-refractivity contribution in [2.75, 3.05) is 6.54 Å². The number of para-hydroxylation sites is 1. The molecule has 1 aliphatic heterocycles. The Bertz CT molecular complexity index is 1290. The van der Waals surface area contributed by atoms with Crippen LogP contribution in [0.4, 0.5) is 5.69 Å². The van der Waals surface area contributed by atoms with E-state index in [1.807, 2.05) is 41.1 Å². The predicted octanol–water partition coefficient (Wildman–Crippen LogP) is 5.25. The minimum absolute atomic E-state index is 0.00992. The molecule has 0 bridgehead atoms. The molecule has 1 aliphatic rings. The van der Waals surface area contributed by atoms with Crippen LogP contribution in [0.5, 0.6) is 5.88 Å². The second-order valence-corrected chi connectivity index (χ2v) is 8.09. The molecule has 0 spiro atoms. The van der Waals surface area contributed by atoms with E-state index in [-0.39, 0.29) is 23.3 Å². The Balaban J connectivity index is 1.48. The highest BCUT2D eigenvalue weighted by Crippen LogP contribution is 2.40. The zero-order valence-corrected chi connectivity index (χ0v) is 18.1. The molecule has 1 N–H and O–H groups in total. The zero-order valence-electron chi connectivity index (χ0n) is 18.1. The van der Waals surface area contributed by atoms with Crippen LogP contribution in [0.1, 0.15) is 41.4 Å². The Morgan fingerprint density at radius 3 is 2.76 bits per heavy atom. The smallest absolute Gasteiger partial charge is 0.313 e. The van der Waals surface area contributed by atoms with Crippen LogP contribution in [0.25, 0.3) is 10.9 Å². The van der Waals surface area contributed by atoms with Gasteiger partial charge in [-0.05, 0) is 42.7 Å². The fourth-order valence-corrected chi connectivity index (χ4v) is 4.44. The SMILES string of the molecule is O=C(N=Nc1c(O)n(CN2CCCC[C@H]2c2cccnc2)c2ccccc12)c1ccccn1. The van der Waals surface area contributed by atoms with Crippen LogP contribution in [0.2, 0.25) is 0 Å². The summed E-state index contributed by atoms with van der Waals surface area (Å²) in [4.78, 5) is 23.0. The molecule has 1 fully saturated rings.